The number of aromatic nitrogens is 4. The molecule has 252 valence electrons. The number of hydrogen-bond acceptors (Lipinski definition) is 9. The monoisotopic (exact) mass is 650 g/mol. The van der Waals surface area contributed by atoms with E-state index in [1.54, 1.807) is 6.33 Å². The van der Waals surface area contributed by atoms with Gasteiger partial charge < -0.3 is 20.1 Å². The van der Waals surface area contributed by atoms with Gasteiger partial charge in [0.15, 0.2) is 5.65 Å². The lowest BCUT2D eigenvalue weighted by atomic mass is 9.97. The van der Waals surface area contributed by atoms with Crippen LogP contribution in [0.25, 0.3) is 22.3 Å². The van der Waals surface area contributed by atoms with Crippen molar-refractivity contribution in [3.05, 3.63) is 60.9 Å². The van der Waals surface area contributed by atoms with E-state index in [9.17, 15) is 4.79 Å². The molecule has 1 saturated carbocycles. The van der Waals surface area contributed by atoms with Gasteiger partial charge in [-0.2, -0.15) is 5.10 Å². The number of hydrogen-bond donors (Lipinski definition) is 1. The van der Waals surface area contributed by atoms with E-state index in [1.165, 1.54) is 12.8 Å². The van der Waals surface area contributed by atoms with Crippen molar-refractivity contribution in [2.24, 2.45) is 11.8 Å². The first-order valence-electron chi connectivity index (χ1n) is 17.5. The van der Waals surface area contributed by atoms with Crippen molar-refractivity contribution >= 4 is 22.9 Å². The molecule has 4 aliphatic rings. The highest BCUT2D eigenvalue weighted by Gasteiger charge is 2.47. The molecule has 3 atom stereocenters. The van der Waals surface area contributed by atoms with Crippen molar-refractivity contribution in [3.8, 4) is 22.8 Å². The number of para-hydroxylation sites is 1. The van der Waals surface area contributed by atoms with Crippen molar-refractivity contribution in [2.75, 3.05) is 45.0 Å². The van der Waals surface area contributed by atoms with E-state index in [-0.39, 0.29) is 12.1 Å². The first-order chi connectivity index (χ1) is 23.2. The molecule has 0 radical (unpaired) electrons. The van der Waals surface area contributed by atoms with E-state index in [0.717, 1.165) is 85.9 Å². The Morgan fingerprint density at radius 3 is 2.15 bits per heavy atom. The van der Waals surface area contributed by atoms with Gasteiger partial charge in [0.25, 0.3) is 0 Å². The van der Waals surface area contributed by atoms with Crippen LogP contribution in [-0.2, 0) is 4.74 Å². The standard InChI is InChI=1S/C37H46N8O3/c1-37(2,3)48-36(46)44-19-25-17-28(18-26(25)20-44)43-21-29(22-43)42-15-13-27(14-16-42)45-35-32(34(38)39-23-40-35)33(41-45)24-9-11-31(12-10-24)47-30-7-5-4-6-8-30/h4-12,23,25-29H,13-22H2,1-3H3,(H2,38,39,40)/t25-,26+,28?. The largest absolute Gasteiger partial charge is 0.457 e. The molecular weight excluding hydrogens is 604 g/mol. The molecule has 48 heavy (non-hydrogen) atoms. The Labute approximate surface area is 282 Å². The van der Waals surface area contributed by atoms with E-state index in [2.05, 4.69) is 24.4 Å². The minimum atomic E-state index is -0.442. The molecule has 2 aromatic heterocycles. The number of amides is 1. The Hall–Kier alpha value is -4.22. The fourth-order valence-corrected chi connectivity index (χ4v) is 8.31. The van der Waals surface area contributed by atoms with Crippen LogP contribution < -0.4 is 10.5 Å². The summed E-state index contributed by atoms with van der Waals surface area (Å²) in [6.45, 7) is 11.9. The fraction of sp³-hybridized carbons (Fsp3) is 0.514. The maximum absolute atomic E-state index is 12.6. The Bertz CT molecular complexity index is 1740. The molecule has 11 heteroatoms. The number of carbonyl (C=O) groups is 1. The fourth-order valence-electron chi connectivity index (χ4n) is 8.31. The van der Waals surface area contributed by atoms with Crippen molar-refractivity contribution in [1.82, 2.24) is 34.4 Å². The first kappa shape index (κ1) is 31.1. The van der Waals surface area contributed by atoms with Crippen LogP contribution in [0, 0.1) is 11.8 Å². The van der Waals surface area contributed by atoms with Crippen LogP contribution in [0.5, 0.6) is 11.5 Å². The second-order valence-corrected chi connectivity index (χ2v) is 15.1. The third-order valence-electron chi connectivity index (χ3n) is 10.8. The minimum absolute atomic E-state index is 0.153. The molecule has 1 aliphatic carbocycles. The number of piperidine rings is 1. The molecular formula is C37H46N8O3. The maximum Gasteiger partial charge on any atom is 0.410 e. The molecule has 1 unspecified atom stereocenters. The van der Waals surface area contributed by atoms with Gasteiger partial charge in [-0.1, -0.05) is 18.2 Å². The molecule has 4 aromatic rings. The molecule has 2 N–H and O–H groups in total. The lowest BCUT2D eigenvalue weighted by Gasteiger charge is -2.50. The number of fused-ring (bicyclic) bond motifs is 2. The van der Waals surface area contributed by atoms with Crippen LogP contribution in [0.1, 0.15) is 52.5 Å². The molecule has 2 aromatic carbocycles. The predicted octanol–water partition coefficient (Wildman–Crippen LogP) is 5.83. The number of nitrogen functional groups attached to an aromatic ring is 1. The Kier molecular flexibility index (Phi) is 7.99. The van der Waals surface area contributed by atoms with Gasteiger partial charge >= 0.3 is 6.09 Å². The number of likely N-dealkylation sites (tertiary alicyclic amines) is 3. The van der Waals surface area contributed by atoms with Crippen molar-refractivity contribution in [2.45, 2.75) is 70.2 Å². The van der Waals surface area contributed by atoms with Crippen LogP contribution in [0.15, 0.2) is 60.9 Å². The predicted molar refractivity (Wildman–Crippen MR) is 185 cm³/mol. The molecule has 3 saturated heterocycles. The first-order valence-corrected chi connectivity index (χ1v) is 17.5. The average Bonchev–Trinajstić information content (AvgIpc) is 3.74. The molecule has 1 amide bonds. The summed E-state index contributed by atoms with van der Waals surface area (Å²) in [7, 11) is 0. The lowest BCUT2D eigenvalue weighted by molar-refractivity contribution is -0.0111. The maximum atomic E-state index is 12.6. The molecule has 4 fully saturated rings. The molecule has 5 heterocycles. The topological polar surface area (TPSA) is 115 Å². The van der Waals surface area contributed by atoms with Gasteiger partial charge in [0.05, 0.1) is 11.4 Å². The van der Waals surface area contributed by atoms with Gasteiger partial charge in [0.1, 0.15) is 34.9 Å². The molecule has 0 spiro atoms. The number of anilines is 1. The van der Waals surface area contributed by atoms with Crippen molar-refractivity contribution < 1.29 is 14.3 Å². The second-order valence-electron chi connectivity index (χ2n) is 15.1. The number of nitrogens with two attached hydrogens (primary N) is 1. The van der Waals surface area contributed by atoms with E-state index in [1.807, 2.05) is 80.3 Å². The summed E-state index contributed by atoms with van der Waals surface area (Å²) in [5, 5.41) is 5.93. The third kappa shape index (κ3) is 6.09. The van der Waals surface area contributed by atoms with Gasteiger partial charge in [-0.3, -0.25) is 9.80 Å². The number of benzene rings is 2. The van der Waals surface area contributed by atoms with E-state index in [0.29, 0.717) is 29.7 Å². The SMILES string of the molecule is CC(C)(C)OC(=O)N1C[C@H]2CC(N3CC(N4CCC(n5nc(-c6ccc(Oc7ccccc7)cc6)c6c(N)ncnc65)CC4)C3)C[C@H]2C1. The van der Waals surface area contributed by atoms with Gasteiger partial charge in [0.2, 0.25) is 0 Å². The van der Waals surface area contributed by atoms with E-state index in [4.69, 9.17) is 20.3 Å². The number of ether oxygens (including phenoxy) is 2. The summed E-state index contributed by atoms with van der Waals surface area (Å²) in [4.78, 5) is 28.9. The Balaban J connectivity index is 0.868. The highest BCUT2D eigenvalue weighted by Crippen LogP contribution is 2.43. The van der Waals surface area contributed by atoms with Gasteiger partial charge in [-0.25, -0.2) is 19.4 Å². The zero-order valence-electron chi connectivity index (χ0n) is 28.2. The summed E-state index contributed by atoms with van der Waals surface area (Å²) in [6, 6.07) is 19.3. The van der Waals surface area contributed by atoms with Crippen molar-refractivity contribution in [3.63, 3.8) is 0 Å². The molecule has 8 rings (SSSR count). The summed E-state index contributed by atoms with van der Waals surface area (Å²) in [6.07, 6.45) is 5.83. The lowest BCUT2D eigenvalue weighted by Crippen LogP contribution is -2.63. The molecule has 11 nitrogen and oxygen atoms in total. The Morgan fingerprint density at radius 1 is 0.812 bits per heavy atom. The van der Waals surface area contributed by atoms with E-state index < -0.39 is 5.60 Å². The van der Waals surface area contributed by atoms with Gasteiger partial charge in [0, 0.05) is 56.9 Å². The smallest absolute Gasteiger partial charge is 0.410 e. The number of nitrogens with zero attached hydrogens (tertiary/aromatic N) is 7. The normalized spacial score (nSPS) is 24.1. The van der Waals surface area contributed by atoms with Crippen molar-refractivity contribution in [1.29, 1.82) is 0 Å². The average molecular weight is 651 g/mol. The van der Waals surface area contributed by atoms with Crippen LogP contribution in [-0.4, -0.2) is 97.5 Å². The van der Waals surface area contributed by atoms with Crippen LogP contribution in [0.2, 0.25) is 0 Å². The van der Waals surface area contributed by atoms with Crippen LogP contribution in [0.4, 0.5) is 10.6 Å². The zero-order valence-corrected chi connectivity index (χ0v) is 28.2. The summed E-state index contributed by atoms with van der Waals surface area (Å²) in [5.41, 5.74) is 8.55. The van der Waals surface area contributed by atoms with Gasteiger partial charge in [-0.15, -0.1) is 0 Å². The zero-order chi connectivity index (χ0) is 33.0. The van der Waals surface area contributed by atoms with Gasteiger partial charge in [-0.05, 0) is 94.7 Å². The highest BCUT2D eigenvalue weighted by molar-refractivity contribution is 5.98. The third-order valence-corrected chi connectivity index (χ3v) is 10.8. The number of rotatable bonds is 6. The molecule has 0 bridgehead atoms. The van der Waals surface area contributed by atoms with E-state index >= 15 is 0 Å². The Morgan fingerprint density at radius 2 is 1.48 bits per heavy atom. The second kappa shape index (κ2) is 12.3. The minimum Gasteiger partial charge on any atom is -0.457 e. The van der Waals surface area contributed by atoms with Crippen LogP contribution >= 0.6 is 0 Å². The summed E-state index contributed by atoms with van der Waals surface area (Å²) < 4.78 is 13.7. The quantitative estimate of drug-likeness (QED) is 0.275. The summed E-state index contributed by atoms with van der Waals surface area (Å²) in [5.74, 6) is 3.22. The summed E-state index contributed by atoms with van der Waals surface area (Å²) >= 11 is 0. The number of carbonyl (C=O) groups excluding carboxylic acids is 1. The van der Waals surface area contributed by atoms with Crippen LogP contribution in [0.3, 0.4) is 0 Å². The highest BCUT2D eigenvalue weighted by atomic mass is 16.6. The molecule has 3 aliphatic heterocycles.